The molecule has 2 saturated carbocycles. The largest absolute Gasteiger partial charge is 0.351 e. The number of nitriles is 1. The number of hydrogen-bond acceptors (Lipinski definition) is 3. The van der Waals surface area contributed by atoms with Crippen LogP contribution in [0.3, 0.4) is 0 Å². The molecule has 0 aromatic heterocycles. The van der Waals surface area contributed by atoms with E-state index in [2.05, 4.69) is 16.3 Å². The smallest absolute Gasteiger partial charge is 0.240 e. The van der Waals surface area contributed by atoms with Crippen LogP contribution in [0.2, 0.25) is 0 Å². The SMILES string of the molecule is N#CC1(C(=O)NC2CCN(C3CC3)C2)CCCC1. The van der Waals surface area contributed by atoms with Crippen LogP contribution in [0.1, 0.15) is 44.9 Å². The number of carbonyl (C=O) groups is 1. The summed E-state index contributed by atoms with van der Waals surface area (Å²) < 4.78 is 0. The van der Waals surface area contributed by atoms with E-state index in [1.807, 2.05) is 0 Å². The van der Waals surface area contributed by atoms with E-state index in [9.17, 15) is 10.1 Å². The minimum atomic E-state index is -0.715. The van der Waals surface area contributed by atoms with Gasteiger partial charge in [0.2, 0.25) is 5.91 Å². The van der Waals surface area contributed by atoms with Crippen molar-refractivity contribution in [3.05, 3.63) is 0 Å². The second-order valence-electron chi connectivity index (χ2n) is 6.09. The summed E-state index contributed by atoms with van der Waals surface area (Å²) in [4.78, 5) is 14.8. The lowest BCUT2D eigenvalue weighted by Gasteiger charge is -2.22. The Hall–Kier alpha value is -1.08. The second-order valence-corrected chi connectivity index (χ2v) is 6.09. The maximum absolute atomic E-state index is 12.3. The van der Waals surface area contributed by atoms with Gasteiger partial charge in [-0.25, -0.2) is 0 Å². The fraction of sp³-hybridized carbons (Fsp3) is 0.857. The molecular weight excluding hydrogens is 226 g/mol. The number of nitrogens with zero attached hydrogens (tertiary/aromatic N) is 2. The number of amides is 1. The molecule has 1 aliphatic heterocycles. The average Bonchev–Trinajstić information content (AvgIpc) is 2.93. The molecule has 0 spiro atoms. The Labute approximate surface area is 108 Å². The van der Waals surface area contributed by atoms with Gasteiger partial charge in [-0.05, 0) is 32.1 Å². The highest BCUT2D eigenvalue weighted by Gasteiger charge is 2.43. The van der Waals surface area contributed by atoms with Gasteiger partial charge in [0, 0.05) is 25.2 Å². The molecule has 1 heterocycles. The third-order valence-electron chi connectivity index (χ3n) is 4.72. The van der Waals surface area contributed by atoms with Crippen molar-refractivity contribution in [3.8, 4) is 6.07 Å². The number of rotatable bonds is 3. The van der Waals surface area contributed by atoms with Gasteiger partial charge in [-0.15, -0.1) is 0 Å². The lowest BCUT2D eigenvalue weighted by Crippen LogP contribution is -2.45. The molecule has 1 amide bonds. The third-order valence-corrected chi connectivity index (χ3v) is 4.72. The van der Waals surface area contributed by atoms with E-state index >= 15 is 0 Å². The van der Waals surface area contributed by atoms with Crippen LogP contribution in [0.4, 0.5) is 0 Å². The van der Waals surface area contributed by atoms with Crippen LogP contribution in [0, 0.1) is 16.7 Å². The summed E-state index contributed by atoms with van der Waals surface area (Å²) in [7, 11) is 0. The normalized spacial score (nSPS) is 31.2. The summed E-state index contributed by atoms with van der Waals surface area (Å²) in [6.45, 7) is 2.09. The van der Waals surface area contributed by atoms with Crippen molar-refractivity contribution in [1.29, 1.82) is 5.26 Å². The Kier molecular flexibility index (Phi) is 3.03. The van der Waals surface area contributed by atoms with E-state index < -0.39 is 5.41 Å². The molecule has 1 N–H and O–H groups in total. The summed E-state index contributed by atoms with van der Waals surface area (Å²) in [5, 5.41) is 12.4. The monoisotopic (exact) mass is 247 g/mol. The second kappa shape index (κ2) is 4.55. The van der Waals surface area contributed by atoms with E-state index in [4.69, 9.17) is 0 Å². The molecular formula is C14H21N3O. The lowest BCUT2D eigenvalue weighted by molar-refractivity contribution is -0.128. The Bertz CT molecular complexity index is 377. The maximum atomic E-state index is 12.3. The van der Waals surface area contributed by atoms with Crippen LogP contribution in [0.5, 0.6) is 0 Å². The molecule has 98 valence electrons. The Morgan fingerprint density at radius 3 is 2.61 bits per heavy atom. The van der Waals surface area contributed by atoms with Crippen molar-refractivity contribution in [3.63, 3.8) is 0 Å². The van der Waals surface area contributed by atoms with Crippen LogP contribution in [-0.2, 0) is 4.79 Å². The number of hydrogen-bond donors (Lipinski definition) is 1. The molecule has 4 heteroatoms. The summed E-state index contributed by atoms with van der Waals surface area (Å²) in [5.41, 5.74) is -0.715. The minimum absolute atomic E-state index is 0.00912. The highest BCUT2D eigenvalue weighted by molar-refractivity contribution is 5.86. The van der Waals surface area contributed by atoms with Crippen LogP contribution < -0.4 is 5.32 Å². The quantitative estimate of drug-likeness (QED) is 0.820. The van der Waals surface area contributed by atoms with Crippen molar-refractivity contribution >= 4 is 5.91 Å². The summed E-state index contributed by atoms with van der Waals surface area (Å²) in [5.74, 6) is -0.00912. The van der Waals surface area contributed by atoms with Gasteiger partial charge in [-0.2, -0.15) is 5.26 Å². The molecule has 0 bridgehead atoms. The van der Waals surface area contributed by atoms with Crippen molar-refractivity contribution < 1.29 is 4.79 Å². The van der Waals surface area contributed by atoms with E-state index in [-0.39, 0.29) is 11.9 Å². The van der Waals surface area contributed by atoms with Crippen molar-refractivity contribution in [2.45, 2.75) is 57.0 Å². The number of carbonyl (C=O) groups excluding carboxylic acids is 1. The summed E-state index contributed by atoms with van der Waals surface area (Å²) in [6.07, 6.45) is 7.21. The topological polar surface area (TPSA) is 56.1 Å². The Balaban J connectivity index is 1.56. The Morgan fingerprint density at radius 1 is 1.28 bits per heavy atom. The maximum Gasteiger partial charge on any atom is 0.240 e. The molecule has 18 heavy (non-hydrogen) atoms. The Morgan fingerprint density at radius 2 is 2.00 bits per heavy atom. The number of nitrogens with one attached hydrogen (secondary N) is 1. The van der Waals surface area contributed by atoms with Crippen molar-refractivity contribution in [2.75, 3.05) is 13.1 Å². The first-order chi connectivity index (χ1) is 8.73. The highest BCUT2D eigenvalue weighted by atomic mass is 16.2. The van der Waals surface area contributed by atoms with Crippen LogP contribution in [0.25, 0.3) is 0 Å². The van der Waals surface area contributed by atoms with Gasteiger partial charge in [-0.1, -0.05) is 12.8 Å². The first kappa shape index (κ1) is 12.0. The molecule has 0 radical (unpaired) electrons. The molecule has 1 atom stereocenters. The molecule has 3 rings (SSSR count). The highest BCUT2D eigenvalue weighted by Crippen LogP contribution is 2.38. The zero-order valence-electron chi connectivity index (χ0n) is 10.8. The average molecular weight is 247 g/mol. The lowest BCUT2D eigenvalue weighted by atomic mass is 9.87. The van der Waals surface area contributed by atoms with Crippen molar-refractivity contribution in [2.24, 2.45) is 5.41 Å². The molecule has 0 aromatic carbocycles. The van der Waals surface area contributed by atoms with E-state index in [0.29, 0.717) is 0 Å². The zero-order valence-corrected chi connectivity index (χ0v) is 10.8. The van der Waals surface area contributed by atoms with Gasteiger partial charge < -0.3 is 5.32 Å². The van der Waals surface area contributed by atoms with E-state index in [0.717, 1.165) is 51.2 Å². The van der Waals surface area contributed by atoms with Crippen LogP contribution in [-0.4, -0.2) is 36.0 Å². The molecule has 2 aliphatic carbocycles. The van der Waals surface area contributed by atoms with E-state index in [1.165, 1.54) is 12.8 Å². The van der Waals surface area contributed by atoms with Crippen LogP contribution >= 0.6 is 0 Å². The molecule has 1 unspecified atom stereocenters. The summed E-state index contributed by atoms with van der Waals surface area (Å²) >= 11 is 0. The van der Waals surface area contributed by atoms with Crippen molar-refractivity contribution in [1.82, 2.24) is 10.2 Å². The zero-order chi connectivity index (χ0) is 12.6. The predicted octanol–water partition coefficient (Wildman–Crippen LogP) is 1.42. The molecule has 1 saturated heterocycles. The molecule has 3 aliphatic rings. The van der Waals surface area contributed by atoms with Gasteiger partial charge in [0.25, 0.3) is 0 Å². The fourth-order valence-corrected chi connectivity index (χ4v) is 3.37. The molecule has 0 aromatic rings. The van der Waals surface area contributed by atoms with Gasteiger partial charge in [-0.3, -0.25) is 9.69 Å². The predicted molar refractivity (Wildman–Crippen MR) is 67.7 cm³/mol. The minimum Gasteiger partial charge on any atom is -0.351 e. The standard InChI is InChI=1S/C14H21N3O/c15-10-14(6-1-2-7-14)13(18)16-11-5-8-17(9-11)12-3-4-12/h11-12H,1-9H2,(H,16,18). The first-order valence-electron chi connectivity index (χ1n) is 7.20. The fourth-order valence-electron chi connectivity index (χ4n) is 3.37. The van der Waals surface area contributed by atoms with Gasteiger partial charge in [0.1, 0.15) is 5.41 Å². The molecule has 4 nitrogen and oxygen atoms in total. The van der Waals surface area contributed by atoms with E-state index in [1.54, 1.807) is 0 Å². The van der Waals surface area contributed by atoms with Gasteiger partial charge in [0.15, 0.2) is 0 Å². The van der Waals surface area contributed by atoms with Gasteiger partial charge in [0.05, 0.1) is 6.07 Å². The third kappa shape index (κ3) is 2.12. The van der Waals surface area contributed by atoms with Gasteiger partial charge >= 0.3 is 0 Å². The molecule has 3 fully saturated rings. The summed E-state index contributed by atoms with van der Waals surface area (Å²) in [6, 6.07) is 3.32. The van der Waals surface area contributed by atoms with Crippen LogP contribution in [0.15, 0.2) is 0 Å². The first-order valence-corrected chi connectivity index (χ1v) is 7.20. The number of likely N-dealkylation sites (tertiary alicyclic amines) is 1.